The number of likely N-dealkylation sites (tertiary alicyclic amines) is 1. The fraction of sp³-hybridized carbons (Fsp3) is 0.542. The average molecular weight is 476 g/mol. The molecule has 4 aliphatic rings. The van der Waals surface area contributed by atoms with Crippen LogP contribution in [0.25, 0.3) is 0 Å². The Balaban J connectivity index is 1.40. The van der Waals surface area contributed by atoms with E-state index in [-0.39, 0.29) is 29.5 Å². The third kappa shape index (κ3) is 3.97. The van der Waals surface area contributed by atoms with E-state index < -0.39 is 29.8 Å². The first-order valence-electron chi connectivity index (χ1n) is 11.7. The number of aliphatic hydroxyl groups excluding tert-OH is 1. The van der Waals surface area contributed by atoms with Crippen LogP contribution in [-0.4, -0.2) is 64.4 Å². The number of rotatable bonds is 4. The summed E-state index contributed by atoms with van der Waals surface area (Å²) >= 11 is 0. The molecule has 1 saturated carbocycles. The predicted molar refractivity (Wildman–Crippen MR) is 121 cm³/mol. The van der Waals surface area contributed by atoms with Crippen LogP contribution < -0.4 is 5.32 Å². The number of nitrogens with zero attached hydrogens (tertiary/aromatic N) is 4. The summed E-state index contributed by atoms with van der Waals surface area (Å²) in [6.07, 6.45) is 0.403. The second kappa shape index (κ2) is 8.72. The van der Waals surface area contributed by atoms with Gasteiger partial charge in [0.1, 0.15) is 11.7 Å². The number of halogens is 3. The SMILES string of the molecule is C[C@@H]1CN2N=C(N3CC4CCC(C3)C4O)C=C(C(=O)N[C@H](C)c3cccc(C(F)F)c3F)C2=N1. The Bertz CT molecular complexity index is 1070. The molecule has 1 aliphatic carbocycles. The highest BCUT2D eigenvalue weighted by atomic mass is 19.3. The zero-order valence-corrected chi connectivity index (χ0v) is 19.1. The summed E-state index contributed by atoms with van der Waals surface area (Å²) in [6.45, 7) is 5.36. The van der Waals surface area contributed by atoms with Crippen molar-refractivity contribution in [3.05, 3.63) is 46.8 Å². The summed E-state index contributed by atoms with van der Waals surface area (Å²) in [5.41, 5.74) is -0.381. The lowest BCUT2D eigenvalue weighted by Gasteiger charge is -2.38. The van der Waals surface area contributed by atoms with Crippen molar-refractivity contribution in [2.24, 2.45) is 21.9 Å². The van der Waals surface area contributed by atoms with Gasteiger partial charge in [0, 0.05) is 30.5 Å². The highest BCUT2D eigenvalue weighted by Crippen LogP contribution is 2.37. The predicted octanol–water partition coefficient (Wildman–Crippen LogP) is 3.00. The van der Waals surface area contributed by atoms with Gasteiger partial charge in [-0.15, -0.1) is 0 Å². The number of carbonyl (C=O) groups is 1. The van der Waals surface area contributed by atoms with Crippen molar-refractivity contribution in [2.75, 3.05) is 19.6 Å². The third-order valence-corrected chi connectivity index (χ3v) is 7.22. The number of aliphatic imine (C=N–C) groups is 1. The van der Waals surface area contributed by atoms with E-state index in [4.69, 9.17) is 5.10 Å². The fourth-order valence-corrected chi connectivity index (χ4v) is 5.42. The van der Waals surface area contributed by atoms with Crippen LogP contribution in [0.2, 0.25) is 0 Å². The molecule has 1 saturated heterocycles. The molecule has 5 rings (SSSR count). The standard InChI is InChI=1S/C24H28F3N5O2/c1-12-9-32-23(28-12)18(8-19(30-32)31-10-14-6-7-15(11-31)21(14)33)24(34)29-13(2)16-4-3-5-17(20(16)25)22(26)27/h3-5,8,12-15,21-22,33H,6-7,9-11H2,1-2H3,(H,29,34)/t12-,13-,14?,15?,21?/m1/s1. The van der Waals surface area contributed by atoms with E-state index in [2.05, 4.69) is 15.2 Å². The number of amides is 1. The minimum Gasteiger partial charge on any atom is -0.392 e. The van der Waals surface area contributed by atoms with Crippen LogP contribution in [0.4, 0.5) is 13.2 Å². The minimum atomic E-state index is -2.94. The van der Waals surface area contributed by atoms with Crippen LogP contribution in [0.3, 0.4) is 0 Å². The molecule has 0 radical (unpaired) electrons. The van der Waals surface area contributed by atoms with E-state index in [1.807, 2.05) is 6.92 Å². The Kier molecular flexibility index (Phi) is 5.87. The lowest BCUT2D eigenvalue weighted by molar-refractivity contribution is -0.117. The molecule has 2 fully saturated rings. The van der Waals surface area contributed by atoms with Crippen molar-refractivity contribution in [1.29, 1.82) is 0 Å². The number of benzene rings is 1. The van der Waals surface area contributed by atoms with Crippen LogP contribution in [0, 0.1) is 17.7 Å². The molecule has 7 nitrogen and oxygen atoms in total. The molecule has 1 aromatic rings. The van der Waals surface area contributed by atoms with E-state index in [0.29, 0.717) is 36.9 Å². The lowest BCUT2D eigenvalue weighted by atomic mass is 9.95. The molecule has 2 bridgehead atoms. The van der Waals surface area contributed by atoms with Gasteiger partial charge in [0.25, 0.3) is 12.3 Å². The van der Waals surface area contributed by atoms with Crippen LogP contribution in [-0.2, 0) is 4.79 Å². The number of alkyl halides is 2. The molecule has 1 aromatic carbocycles. The van der Waals surface area contributed by atoms with Gasteiger partial charge < -0.3 is 15.3 Å². The number of carbonyl (C=O) groups excluding carboxylic acids is 1. The quantitative estimate of drug-likeness (QED) is 0.702. The second-order valence-electron chi connectivity index (χ2n) is 9.64. The van der Waals surface area contributed by atoms with E-state index in [9.17, 15) is 23.1 Å². The molecule has 2 unspecified atom stereocenters. The van der Waals surface area contributed by atoms with E-state index in [1.54, 1.807) is 18.0 Å². The molecule has 34 heavy (non-hydrogen) atoms. The summed E-state index contributed by atoms with van der Waals surface area (Å²) in [5.74, 6) is -0.0292. The average Bonchev–Trinajstić information content (AvgIpc) is 3.24. The van der Waals surface area contributed by atoms with Crippen LogP contribution in [0.5, 0.6) is 0 Å². The van der Waals surface area contributed by atoms with Gasteiger partial charge in [-0.2, -0.15) is 5.10 Å². The first kappa shape index (κ1) is 22.9. The molecule has 3 heterocycles. The second-order valence-corrected chi connectivity index (χ2v) is 9.64. The van der Waals surface area contributed by atoms with Crippen molar-refractivity contribution >= 4 is 17.6 Å². The molecule has 3 aliphatic heterocycles. The van der Waals surface area contributed by atoms with Gasteiger partial charge in [0.2, 0.25) is 0 Å². The van der Waals surface area contributed by atoms with E-state index >= 15 is 0 Å². The van der Waals surface area contributed by atoms with Gasteiger partial charge in [0.15, 0.2) is 5.84 Å². The topological polar surface area (TPSA) is 80.5 Å². The Labute approximate surface area is 196 Å². The summed E-state index contributed by atoms with van der Waals surface area (Å²) in [4.78, 5) is 20.0. The van der Waals surface area contributed by atoms with Crippen LogP contribution in [0.15, 0.2) is 39.9 Å². The Morgan fingerprint density at radius 1 is 1.18 bits per heavy atom. The zero-order chi connectivity index (χ0) is 24.1. The molecule has 10 heteroatoms. The molecular formula is C24H28F3N5O2. The Hall–Kier alpha value is -2.88. The van der Waals surface area contributed by atoms with Gasteiger partial charge in [-0.25, -0.2) is 18.2 Å². The molecule has 182 valence electrons. The summed E-state index contributed by atoms with van der Waals surface area (Å²) in [6, 6.07) is 2.91. The summed E-state index contributed by atoms with van der Waals surface area (Å²) in [7, 11) is 0. The number of hydrazone groups is 1. The van der Waals surface area contributed by atoms with Gasteiger partial charge in [-0.05, 0) is 32.8 Å². The number of nitrogens with one attached hydrogen (secondary N) is 1. The molecule has 0 spiro atoms. The summed E-state index contributed by atoms with van der Waals surface area (Å²) < 4.78 is 40.9. The fourth-order valence-electron chi connectivity index (χ4n) is 5.42. The van der Waals surface area contributed by atoms with Gasteiger partial charge >= 0.3 is 0 Å². The molecule has 1 amide bonds. The maximum atomic E-state index is 14.6. The van der Waals surface area contributed by atoms with E-state index in [0.717, 1.165) is 18.9 Å². The van der Waals surface area contributed by atoms with Gasteiger partial charge in [0.05, 0.1) is 35.9 Å². The Morgan fingerprint density at radius 2 is 1.85 bits per heavy atom. The van der Waals surface area contributed by atoms with Crippen molar-refractivity contribution in [2.45, 2.75) is 51.3 Å². The minimum absolute atomic E-state index is 0.00312. The van der Waals surface area contributed by atoms with Gasteiger partial charge in [-0.3, -0.25) is 9.79 Å². The smallest absolute Gasteiger partial charge is 0.266 e. The van der Waals surface area contributed by atoms with Crippen molar-refractivity contribution in [3.63, 3.8) is 0 Å². The highest BCUT2D eigenvalue weighted by molar-refractivity contribution is 6.25. The number of amidine groups is 2. The molecular weight excluding hydrogens is 447 g/mol. The van der Waals surface area contributed by atoms with Crippen molar-refractivity contribution in [3.8, 4) is 0 Å². The summed E-state index contributed by atoms with van der Waals surface area (Å²) in [5, 5.41) is 19.6. The largest absolute Gasteiger partial charge is 0.392 e. The number of fused-ring (bicyclic) bond motifs is 3. The molecule has 2 N–H and O–H groups in total. The lowest BCUT2D eigenvalue weighted by Crippen LogP contribution is -2.49. The van der Waals surface area contributed by atoms with Gasteiger partial charge in [-0.1, -0.05) is 18.2 Å². The maximum absolute atomic E-state index is 14.6. The number of piperidine rings is 1. The number of hydrogen-bond acceptors (Lipinski definition) is 6. The van der Waals surface area contributed by atoms with Crippen LogP contribution in [0.1, 0.15) is 50.3 Å². The Morgan fingerprint density at radius 3 is 2.53 bits per heavy atom. The number of hydrogen-bond donors (Lipinski definition) is 2. The normalized spacial score (nSPS) is 29.0. The third-order valence-electron chi connectivity index (χ3n) is 7.22. The monoisotopic (exact) mass is 475 g/mol. The van der Waals surface area contributed by atoms with E-state index in [1.165, 1.54) is 12.1 Å². The van der Waals surface area contributed by atoms with Crippen LogP contribution >= 0.6 is 0 Å². The molecule has 0 aromatic heterocycles. The van der Waals surface area contributed by atoms with Crippen molar-refractivity contribution in [1.82, 2.24) is 15.2 Å². The zero-order valence-electron chi connectivity index (χ0n) is 19.1. The maximum Gasteiger partial charge on any atom is 0.266 e. The molecule has 4 atom stereocenters. The highest BCUT2D eigenvalue weighted by Gasteiger charge is 2.43. The van der Waals surface area contributed by atoms with Crippen molar-refractivity contribution < 1.29 is 23.1 Å². The first-order valence-corrected chi connectivity index (χ1v) is 11.7. The first-order chi connectivity index (χ1) is 16.2. The number of aliphatic hydroxyl groups is 1.